The van der Waals surface area contributed by atoms with E-state index < -0.39 is 31.0 Å². The van der Waals surface area contributed by atoms with Crippen LogP contribution in [0.1, 0.15) is 16.8 Å². The first kappa shape index (κ1) is 23.3. The van der Waals surface area contributed by atoms with Crippen LogP contribution in [0.25, 0.3) is 16.2 Å². The van der Waals surface area contributed by atoms with Gasteiger partial charge in [-0.05, 0) is 58.3 Å². The first-order chi connectivity index (χ1) is 14.4. The lowest BCUT2D eigenvalue weighted by atomic mass is 10.1. The van der Waals surface area contributed by atoms with Gasteiger partial charge in [-0.3, -0.25) is 9.36 Å². The molecular formula is C20H16ClF3NO4PS. The number of amides is 1. The zero-order valence-corrected chi connectivity index (χ0v) is 18.4. The van der Waals surface area contributed by atoms with E-state index in [2.05, 4.69) is 10.1 Å². The van der Waals surface area contributed by atoms with Crippen LogP contribution in [0.15, 0.2) is 54.0 Å². The van der Waals surface area contributed by atoms with E-state index >= 15 is 0 Å². The Morgan fingerprint density at radius 2 is 2.03 bits per heavy atom. The van der Waals surface area contributed by atoms with Gasteiger partial charge < -0.3 is 14.9 Å². The summed E-state index contributed by atoms with van der Waals surface area (Å²) in [5.41, 5.74) is -0.637. The van der Waals surface area contributed by atoms with Crippen LogP contribution in [0.2, 0.25) is 5.02 Å². The van der Waals surface area contributed by atoms with Gasteiger partial charge in [0.2, 0.25) is 13.3 Å². The van der Waals surface area contributed by atoms with Crippen LogP contribution in [-0.4, -0.2) is 23.8 Å². The third kappa shape index (κ3) is 6.11. The predicted octanol–water partition coefficient (Wildman–Crippen LogP) is 6.18. The zero-order chi connectivity index (χ0) is 22.8. The van der Waals surface area contributed by atoms with E-state index in [1.807, 2.05) is 0 Å². The number of carbonyl (C=O) groups is 1. The van der Waals surface area contributed by atoms with Crippen LogP contribution in [0.4, 0.5) is 13.2 Å². The van der Waals surface area contributed by atoms with Crippen LogP contribution in [0.5, 0.6) is 5.75 Å². The Hall–Kier alpha value is -2.32. The Kier molecular flexibility index (Phi) is 6.81. The van der Waals surface area contributed by atoms with Gasteiger partial charge in [-0.25, -0.2) is 0 Å². The Morgan fingerprint density at radius 3 is 2.71 bits per heavy atom. The predicted molar refractivity (Wildman–Crippen MR) is 116 cm³/mol. The van der Waals surface area contributed by atoms with Gasteiger partial charge in [0.15, 0.2) is 0 Å². The first-order valence-corrected chi connectivity index (χ1v) is 12.2. The average molecular weight is 490 g/mol. The van der Waals surface area contributed by atoms with Crippen molar-refractivity contribution in [3.8, 4) is 5.75 Å². The maximum Gasteiger partial charge on any atom is 0.573 e. The second kappa shape index (κ2) is 9.04. The highest BCUT2D eigenvalue weighted by molar-refractivity contribution is 7.58. The number of benzene rings is 2. The second-order valence-electron chi connectivity index (χ2n) is 6.64. The molecule has 0 spiro atoms. The molecule has 0 saturated heterocycles. The molecular weight excluding hydrogens is 474 g/mol. The van der Waals surface area contributed by atoms with Gasteiger partial charge in [-0.2, -0.15) is 0 Å². The highest BCUT2D eigenvalue weighted by Gasteiger charge is 2.36. The number of halogens is 4. The monoisotopic (exact) mass is 489 g/mol. The Morgan fingerprint density at radius 1 is 1.29 bits per heavy atom. The van der Waals surface area contributed by atoms with E-state index in [9.17, 15) is 27.4 Å². The van der Waals surface area contributed by atoms with Crippen molar-refractivity contribution in [1.29, 1.82) is 0 Å². The van der Waals surface area contributed by atoms with Crippen LogP contribution in [-0.2, 0) is 9.36 Å². The number of alkyl halides is 3. The van der Waals surface area contributed by atoms with Crippen molar-refractivity contribution in [2.75, 3.05) is 6.66 Å². The molecule has 1 amide bonds. The molecule has 2 aromatic carbocycles. The van der Waals surface area contributed by atoms with Crippen LogP contribution in [0.3, 0.4) is 0 Å². The molecule has 0 aliphatic heterocycles. The van der Waals surface area contributed by atoms with E-state index in [4.69, 9.17) is 11.6 Å². The molecule has 0 aliphatic carbocycles. The summed E-state index contributed by atoms with van der Waals surface area (Å²) in [5.74, 6) is -1.14. The number of thiophene rings is 1. The molecule has 0 radical (unpaired) electrons. The first-order valence-electron chi connectivity index (χ1n) is 8.73. The third-order valence-corrected chi connectivity index (χ3v) is 6.87. The summed E-state index contributed by atoms with van der Waals surface area (Å²) in [4.78, 5) is 23.0. The number of rotatable bonds is 6. The summed E-state index contributed by atoms with van der Waals surface area (Å²) >= 11 is 7.35. The summed E-state index contributed by atoms with van der Waals surface area (Å²) in [5, 5.41) is 5.10. The molecule has 0 fully saturated rings. The standard InChI is InChI=1S/C20H16ClF3NO4PS/c1-30(27,28)18(16-11-31-17-6-5-13(21)10-15(16)17)19(26)25-8-7-12-3-2-4-14(9-12)29-20(22,23)24/h2-11,18H,1H3,(H,25,26)(H,27,28)/b8-7+. The van der Waals surface area contributed by atoms with Gasteiger partial charge >= 0.3 is 6.36 Å². The average Bonchev–Trinajstić information content (AvgIpc) is 3.02. The van der Waals surface area contributed by atoms with Gasteiger partial charge in [-0.1, -0.05) is 23.7 Å². The maximum absolute atomic E-state index is 12.8. The summed E-state index contributed by atoms with van der Waals surface area (Å²) in [6, 6.07) is 10.2. The highest BCUT2D eigenvalue weighted by Crippen LogP contribution is 2.54. The molecule has 2 unspecified atom stereocenters. The van der Waals surface area contributed by atoms with E-state index in [-0.39, 0.29) is 0 Å². The van der Waals surface area contributed by atoms with Gasteiger partial charge in [0.25, 0.3) is 0 Å². The fourth-order valence-electron chi connectivity index (χ4n) is 2.96. The van der Waals surface area contributed by atoms with Gasteiger partial charge in [-0.15, -0.1) is 24.5 Å². The lowest BCUT2D eigenvalue weighted by Crippen LogP contribution is -2.25. The second-order valence-corrected chi connectivity index (χ2v) is 10.4. The number of hydrogen-bond donors (Lipinski definition) is 2. The minimum atomic E-state index is -4.82. The minimum absolute atomic E-state index is 0.329. The van der Waals surface area contributed by atoms with E-state index in [1.165, 1.54) is 35.7 Å². The van der Waals surface area contributed by atoms with E-state index in [1.54, 1.807) is 23.6 Å². The quantitative estimate of drug-likeness (QED) is 0.405. The SMILES string of the molecule is CP(=O)(O)C(C(=O)N/C=C/c1cccc(OC(F)(F)F)c1)c1csc2ccc(Cl)cc12. The van der Waals surface area contributed by atoms with Crippen molar-refractivity contribution >= 4 is 52.4 Å². The Balaban J connectivity index is 1.82. The maximum atomic E-state index is 12.8. The Labute approximate surface area is 184 Å². The number of nitrogens with one attached hydrogen (secondary N) is 1. The van der Waals surface area contributed by atoms with Crippen LogP contribution < -0.4 is 10.1 Å². The van der Waals surface area contributed by atoms with Crippen LogP contribution in [0, 0.1) is 0 Å². The van der Waals surface area contributed by atoms with Crippen molar-refractivity contribution in [3.63, 3.8) is 0 Å². The molecule has 31 heavy (non-hydrogen) atoms. The number of carbonyl (C=O) groups excluding carboxylic acids is 1. The molecule has 11 heteroatoms. The lowest BCUT2D eigenvalue weighted by Gasteiger charge is -2.18. The summed E-state index contributed by atoms with van der Waals surface area (Å²) in [6.07, 6.45) is -2.28. The van der Waals surface area contributed by atoms with Crippen molar-refractivity contribution in [1.82, 2.24) is 5.32 Å². The van der Waals surface area contributed by atoms with Crippen LogP contribution >= 0.6 is 30.3 Å². The molecule has 2 atom stereocenters. The Bertz CT molecular complexity index is 1190. The molecule has 0 bridgehead atoms. The molecule has 0 aliphatic rings. The molecule has 1 heterocycles. The van der Waals surface area contributed by atoms with Crippen molar-refractivity contribution in [3.05, 3.63) is 70.2 Å². The van der Waals surface area contributed by atoms with Crippen molar-refractivity contribution in [2.45, 2.75) is 12.0 Å². The minimum Gasteiger partial charge on any atom is -0.406 e. The number of ether oxygens (including phenoxy) is 1. The normalized spacial score (nSPS) is 15.0. The summed E-state index contributed by atoms with van der Waals surface area (Å²) < 4.78 is 54.2. The van der Waals surface area contributed by atoms with E-state index in [0.29, 0.717) is 21.5 Å². The summed E-state index contributed by atoms with van der Waals surface area (Å²) in [7, 11) is -3.91. The van der Waals surface area contributed by atoms with Crippen molar-refractivity contribution < 1.29 is 32.2 Å². The van der Waals surface area contributed by atoms with Crippen molar-refractivity contribution in [2.24, 2.45) is 0 Å². The van der Waals surface area contributed by atoms with Gasteiger partial charge in [0, 0.05) is 22.6 Å². The molecule has 164 valence electrons. The fraction of sp³-hybridized carbons (Fsp3) is 0.150. The topological polar surface area (TPSA) is 75.6 Å². The molecule has 0 saturated carbocycles. The number of hydrogen-bond acceptors (Lipinski definition) is 4. The third-order valence-electron chi connectivity index (χ3n) is 4.18. The van der Waals surface area contributed by atoms with Gasteiger partial charge in [0.05, 0.1) is 0 Å². The highest BCUT2D eigenvalue weighted by atomic mass is 35.5. The van der Waals surface area contributed by atoms with Gasteiger partial charge in [0.1, 0.15) is 11.4 Å². The largest absolute Gasteiger partial charge is 0.573 e. The molecule has 3 rings (SSSR count). The fourth-order valence-corrected chi connectivity index (χ4v) is 5.44. The molecule has 5 nitrogen and oxygen atoms in total. The molecule has 2 N–H and O–H groups in total. The molecule has 1 aromatic heterocycles. The number of fused-ring (bicyclic) bond motifs is 1. The molecule has 3 aromatic rings. The lowest BCUT2D eigenvalue weighted by molar-refractivity contribution is -0.274. The zero-order valence-electron chi connectivity index (χ0n) is 15.9. The van der Waals surface area contributed by atoms with E-state index in [0.717, 1.165) is 23.5 Å². The summed E-state index contributed by atoms with van der Waals surface area (Å²) in [6.45, 7) is 1.09. The smallest absolute Gasteiger partial charge is 0.406 e.